The Morgan fingerprint density at radius 1 is 0.956 bits per heavy atom. The third-order valence-corrected chi connectivity index (χ3v) is 9.00. The van der Waals surface area contributed by atoms with Crippen LogP contribution >= 0.6 is 11.6 Å². The van der Waals surface area contributed by atoms with E-state index >= 15 is 0 Å². The van der Waals surface area contributed by atoms with Gasteiger partial charge in [0.05, 0.1) is 17.6 Å². The zero-order valence-corrected chi connectivity index (χ0v) is 27.1. The Kier molecular flexibility index (Phi) is 7.52. The van der Waals surface area contributed by atoms with E-state index in [9.17, 15) is 4.79 Å². The van der Waals surface area contributed by atoms with Gasteiger partial charge >= 0.3 is 6.09 Å². The van der Waals surface area contributed by atoms with Gasteiger partial charge in [0, 0.05) is 67.2 Å². The number of carbonyl (C=O) groups excluding carboxylic acids is 1. The Balaban J connectivity index is 1.07. The fourth-order valence-corrected chi connectivity index (χ4v) is 6.36. The number of aromatic nitrogens is 5. The van der Waals surface area contributed by atoms with Crippen LogP contribution in [-0.4, -0.2) is 84.5 Å². The molecule has 45 heavy (non-hydrogen) atoms. The highest BCUT2D eigenvalue weighted by molar-refractivity contribution is 6.30. The van der Waals surface area contributed by atoms with Crippen molar-refractivity contribution in [2.75, 3.05) is 32.7 Å². The highest BCUT2D eigenvalue weighted by atomic mass is 35.5. The quantitative estimate of drug-likeness (QED) is 0.266. The van der Waals surface area contributed by atoms with Gasteiger partial charge in [0.15, 0.2) is 5.82 Å². The van der Waals surface area contributed by atoms with Crippen molar-refractivity contribution >= 4 is 23.4 Å². The molecule has 0 bridgehead atoms. The topological polar surface area (TPSA) is 93.7 Å². The number of nitrogens with zero attached hydrogens (tertiary/aromatic N) is 8. The Hall–Kier alpha value is -4.02. The molecule has 1 saturated carbocycles. The molecule has 3 aliphatic rings. The number of benzene rings is 2. The standard InChI is InChI=1S/C34H39ClN8O2/c1-23-38-39-31-34(12-13-34)37-30(24-6-9-27(35)10-7-24)28-20-25(8-11-29(28)43(23)31)26-21-36-42(22-26)15-5-14-40-16-18-41(19-17-40)32(44)45-33(2,3)4/h6-11,20-22H,5,12-19H2,1-4H3. The van der Waals surface area contributed by atoms with Crippen LogP contribution in [0.3, 0.4) is 0 Å². The van der Waals surface area contributed by atoms with Crippen molar-refractivity contribution in [3.05, 3.63) is 82.7 Å². The minimum Gasteiger partial charge on any atom is -0.444 e. The number of halogens is 1. The molecule has 1 amide bonds. The first-order valence-electron chi connectivity index (χ1n) is 15.7. The van der Waals surface area contributed by atoms with Gasteiger partial charge in [0.1, 0.15) is 17.0 Å². The van der Waals surface area contributed by atoms with E-state index in [1.54, 1.807) is 4.90 Å². The van der Waals surface area contributed by atoms with E-state index in [1.165, 1.54) is 0 Å². The third kappa shape index (κ3) is 6.01. The van der Waals surface area contributed by atoms with Crippen LogP contribution < -0.4 is 0 Å². The SMILES string of the molecule is Cc1nnc2n1-c1ccc(-c3cnn(CCCN4CCN(C(=O)OC(C)(C)C)CC4)c3)cc1C(c1ccc(Cl)cc1)=NC21CC1. The summed E-state index contributed by atoms with van der Waals surface area (Å²) < 4.78 is 9.72. The molecule has 7 rings (SSSR count). The summed E-state index contributed by atoms with van der Waals surface area (Å²) in [5, 5.41) is 14.4. The van der Waals surface area contributed by atoms with Crippen molar-refractivity contribution in [2.24, 2.45) is 4.99 Å². The second kappa shape index (κ2) is 11.4. The van der Waals surface area contributed by atoms with Gasteiger partial charge < -0.3 is 9.64 Å². The maximum Gasteiger partial charge on any atom is 0.410 e. The van der Waals surface area contributed by atoms with E-state index in [2.05, 4.69) is 44.1 Å². The summed E-state index contributed by atoms with van der Waals surface area (Å²) in [6.45, 7) is 12.6. The third-order valence-electron chi connectivity index (χ3n) is 8.75. The van der Waals surface area contributed by atoms with E-state index in [0.29, 0.717) is 18.1 Å². The summed E-state index contributed by atoms with van der Waals surface area (Å²) in [6.07, 6.45) is 6.72. The van der Waals surface area contributed by atoms with Crippen LogP contribution in [0.15, 0.2) is 59.9 Å². The summed E-state index contributed by atoms with van der Waals surface area (Å²) in [7, 11) is 0. The number of hydrogen-bond acceptors (Lipinski definition) is 7. The van der Waals surface area contributed by atoms with Crippen molar-refractivity contribution in [3.63, 3.8) is 0 Å². The lowest BCUT2D eigenvalue weighted by atomic mass is 9.96. The maximum atomic E-state index is 12.4. The number of aryl methyl sites for hydroxylation is 2. The van der Waals surface area contributed by atoms with Crippen LogP contribution in [-0.2, 0) is 16.8 Å². The highest BCUT2D eigenvalue weighted by Gasteiger charge is 2.51. The van der Waals surface area contributed by atoms with Crippen LogP contribution in [0, 0.1) is 6.92 Å². The van der Waals surface area contributed by atoms with Crippen molar-refractivity contribution in [1.29, 1.82) is 0 Å². The number of fused-ring (bicyclic) bond motifs is 4. The molecule has 1 aliphatic carbocycles. The van der Waals surface area contributed by atoms with Crippen LogP contribution in [0.2, 0.25) is 5.02 Å². The molecule has 2 aromatic heterocycles. The van der Waals surface area contributed by atoms with Gasteiger partial charge in [0.25, 0.3) is 0 Å². The Morgan fingerprint density at radius 3 is 2.40 bits per heavy atom. The minimum atomic E-state index is -0.471. The number of rotatable bonds is 6. The normalized spacial score (nSPS) is 17.4. The second-order valence-corrected chi connectivity index (χ2v) is 13.7. The summed E-state index contributed by atoms with van der Waals surface area (Å²) in [4.78, 5) is 22.0. The first-order valence-corrected chi connectivity index (χ1v) is 16.1. The van der Waals surface area contributed by atoms with E-state index in [0.717, 1.165) is 90.7 Å². The highest BCUT2D eigenvalue weighted by Crippen LogP contribution is 2.51. The van der Waals surface area contributed by atoms with Gasteiger partial charge in [-0.15, -0.1) is 10.2 Å². The first kappa shape index (κ1) is 29.7. The van der Waals surface area contributed by atoms with Crippen molar-refractivity contribution in [1.82, 2.24) is 34.3 Å². The summed E-state index contributed by atoms with van der Waals surface area (Å²) in [5.41, 5.74) is 5.38. The van der Waals surface area contributed by atoms with E-state index in [1.807, 2.05) is 62.8 Å². The first-order chi connectivity index (χ1) is 21.6. The van der Waals surface area contributed by atoms with Crippen LogP contribution in [0.4, 0.5) is 4.79 Å². The molecule has 4 heterocycles. The lowest BCUT2D eigenvalue weighted by Gasteiger charge is -2.35. The number of piperazine rings is 1. The fourth-order valence-electron chi connectivity index (χ4n) is 6.23. The molecule has 2 aromatic carbocycles. The number of aliphatic imine (C=N–C) groups is 1. The zero-order chi connectivity index (χ0) is 31.3. The molecule has 10 nitrogen and oxygen atoms in total. The van der Waals surface area contributed by atoms with Gasteiger partial charge in [-0.1, -0.05) is 29.8 Å². The van der Waals surface area contributed by atoms with Crippen molar-refractivity contribution < 1.29 is 9.53 Å². The van der Waals surface area contributed by atoms with Crippen molar-refractivity contribution in [3.8, 4) is 16.8 Å². The second-order valence-electron chi connectivity index (χ2n) is 13.3. The molecule has 11 heteroatoms. The maximum absolute atomic E-state index is 12.4. The van der Waals surface area contributed by atoms with Gasteiger partial charge in [-0.05, 0) is 76.8 Å². The summed E-state index contributed by atoms with van der Waals surface area (Å²) in [5.74, 6) is 1.77. The zero-order valence-electron chi connectivity index (χ0n) is 26.3. The fraction of sp³-hybridized carbons (Fsp3) is 0.441. The largest absolute Gasteiger partial charge is 0.444 e. The molecule has 2 fully saturated rings. The average Bonchev–Trinajstić information content (AvgIpc) is 3.49. The molecule has 0 atom stereocenters. The van der Waals surface area contributed by atoms with Crippen LogP contribution in [0.25, 0.3) is 16.8 Å². The number of hydrogen-bond donors (Lipinski definition) is 0. The smallest absolute Gasteiger partial charge is 0.410 e. The molecular formula is C34H39ClN8O2. The summed E-state index contributed by atoms with van der Waals surface area (Å²) >= 11 is 6.26. The lowest BCUT2D eigenvalue weighted by molar-refractivity contribution is 0.0143. The summed E-state index contributed by atoms with van der Waals surface area (Å²) in [6, 6.07) is 14.5. The number of carbonyl (C=O) groups is 1. The van der Waals surface area contributed by atoms with Crippen LogP contribution in [0.1, 0.15) is 62.8 Å². The van der Waals surface area contributed by atoms with Gasteiger partial charge in [-0.2, -0.15) is 5.10 Å². The van der Waals surface area contributed by atoms with Gasteiger partial charge in [-0.25, -0.2) is 4.79 Å². The molecular weight excluding hydrogens is 588 g/mol. The van der Waals surface area contributed by atoms with Crippen molar-refractivity contribution in [2.45, 2.75) is 64.6 Å². The molecule has 0 radical (unpaired) electrons. The lowest BCUT2D eigenvalue weighted by Crippen LogP contribution is -2.50. The van der Waals surface area contributed by atoms with Crippen LogP contribution in [0.5, 0.6) is 0 Å². The van der Waals surface area contributed by atoms with E-state index < -0.39 is 5.60 Å². The Labute approximate surface area is 268 Å². The number of ether oxygens (including phenoxy) is 1. The molecule has 1 spiro atoms. The molecule has 2 aliphatic heterocycles. The van der Waals surface area contributed by atoms with Gasteiger partial charge in [-0.3, -0.25) is 19.1 Å². The molecule has 0 unspecified atom stereocenters. The predicted octanol–water partition coefficient (Wildman–Crippen LogP) is 5.88. The minimum absolute atomic E-state index is 0.222. The van der Waals surface area contributed by atoms with E-state index in [-0.39, 0.29) is 11.6 Å². The molecule has 234 valence electrons. The van der Waals surface area contributed by atoms with E-state index in [4.69, 9.17) is 26.4 Å². The average molecular weight is 627 g/mol. The monoisotopic (exact) mass is 626 g/mol. The predicted molar refractivity (Wildman–Crippen MR) is 174 cm³/mol. The molecule has 0 N–H and O–H groups in total. The number of amides is 1. The van der Waals surface area contributed by atoms with Gasteiger partial charge in [0.2, 0.25) is 0 Å². The molecule has 4 aromatic rings. The molecule has 1 saturated heterocycles. The Bertz CT molecular complexity index is 1760. The Morgan fingerprint density at radius 2 is 1.69 bits per heavy atom.